The topological polar surface area (TPSA) is 78.2 Å². The zero-order chi connectivity index (χ0) is 20.5. The minimum Gasteiger partial charge on any atom is -0.467 e. The lowest BCUT2D eigenvalue weighted by Gasteiger charge is -2.09. The molecule has 0 aliphatic rings. The van der Waals surface area contributed by atoms with Crippen molar-refractivity contribution in [2.24, 2.45) is 0 Å². The Morgan fingerprint density at radius 2 is 2.03 bits per heavy atom. The molecule has 10 heteroatoms. The van der Waals surface area contributed by atoms with Crippen LogP contribution in [0.4, 0.5) is 0 Å². The Labute approximate surface area is 184 Å². The van der Waals surface area contributed by atoms with Gasteiger partial charge in [-0.15, -0.1) is 21.5 Å². The average Bonchev–Trinajstić information content (AvgIpc) is 3.49. The third-order valence-corrected chi connectivity index (χ3v) is 6.43. The van der Waals surface area contributed by atoms with E-state index in [1.54, 1.807) is 18.5 Å². The smallest absolute Gasteiger partial charge is 0.258 e. The number of furan rings is 1. The van der Waals surface area contributed by atoms with Gasteiger partial charge >= 0.3 is 0 Å². The Morgan fingerprint density at radius 1 is 1.17 bits per heavy atom. The van der Waals surface area contributed by atoms with Crippen molar-refractivity contribution in [1.82, 2.24) is 24.1 Å². The van der Waals surface area contributed by atoms with Gasteiger partial charge < -0.3 is 4.42 Å². The van der Waals surface area contributed by atoms with E-state index < -0.39 is 0 Å². The van der Waals surface area contributed by atoms with Crippen LogP contribution in [0.3, 0.4) is 0 Å². The number of fused-ring (bicyclic) bond motifs is 1. The predicted molar refractivity (Wildman–Crippen MR) is 117 cm³/mol. The number of nitrogens with zero attached hydrogens (tertiary/aromatic N) is 5. The normalized spacial score (nSPS) is 11.4. The average molecular weight is 456 g/mol. The van der Waals surface area contributed by atoms with Crippen molar-refractivity contribution in [2.75, 3.05) is 0 Å². The summed E-state index contributed by atoms with van der Waals surface area (Å²) in [4.78, 5) is 17.5. The van der Waals surface area contributed by atoms with Crippen LogP contribution >= 0.6 is 34.7 Å². The first-order valence-electron chi connectivity index (χ1n) is 8.97. The maximum atomic E-state index is 12.2. The Morgan fingerprint density at radius 3 is 2.83 bits per heavy atom. The van der Waals surface area contributed by atoms with Gasteiger partial charge in [0.2, 0.25) is 0 Å². The zero-order valence-electron chi connectivity index (χ0n) is 15.4. The number of halogens is 1. The van der Waals surface area contributed by atoms with Gasteiger partial charge in [0.1, 0.15) is 5.76 Å². The summed E-state index contributed by atoms with van der Waals surface area (Å²) in [6.45, 7) is 0.486. The molecule has 0 aliphatic carbocycles. The fraction of sp³-hybridized carbons (Fsp3) is 0.100. The van der Waals surface area contributed by atoms with Gasteiger partial charge in [0, 0.05) is 34.0 Å². The van der Waals surface area contributed by atoms with E-state index in [-0.39, 0.29) is 5.56 Å². The van der Waals surface area contributed by atoms with Crippen LogP contribution in [-0.2, 0) is 12.3 Å². The standard InChI is InChI=1S/C20H14ClN5O2S2/c21-14-5-3-13(4-6-14)18-23-24-20(26(18)11-16-2-1-8-28-16)30-12-15-10-17(27)25-7-9-29-19(25)22-15/h1-10H,11-12H2. The second-order valence-corrected chi connectivity index (χ2v) is 8.66. The van der Waals surface area contributed by atoms with E-state index in [1.165, 1.54) is 27.5 Å². The van der Waals surface area contributed by atoms with Crippen molar-refractivity contribution in [3.63, 3.8) is 0 Å². The minimum atomic E-state index is -0.0873. The molecular formula is C20H14ClN5O2S2. The maximum Gasteiger partial charge on any atom is 0.258 e. The summed E-state index contributed by atoms with van der Waals surface area (Å²) in [7, 11) is 0. The lowest BCUT2D eigenvalue weighted by molar-refractivity contribution is 0.485. The molecule has 5 aromatic rings. The lowest BCUT2D eigenvalue weighted by Crippen LogP contribution is -2.12. The monoisotopic (exact) mass is 455 g/mol. The van der Waals surface area contributed by atoms with Gasteiger partial charge in [-0.2, -0.15) is 0 Å². The number of thiazole rings is 1. The quantitative estimate of drug-likeness (QED) is 0.348. The van der Waals surface area contributed by atoms with Crippen molar-refractivity contribution < 1.29 is 4.42 Å². The molecule has 0 fully saturated rings. The van der Waals surface area contributed by atoms with Crippen molar-refractivity contribution in [1.29, 1.82) is 0 Å². The molecule has 1 aromatic carbocycles. The summed E-state index contributed by atoms with van der Waals surface area (Å²) >= 11 is 8.94. The molecule has 0 saturated carbocycles. The molecular weight excluding hydrogens is 442 g/mol. The number of rotatable bonds is 6. The van der Waals surface area contributed by atoms with Crippen molar-refractivity contribution >= 4 is 39.7 Å². The summed E-state index contributed by atoms with van der Waals surface area (Å²) in [5.41, 5.74) is 1.52. The molecule has 0 unspecified atom stereocenters. The lowest BCUT2D eigenvalue weighted by atomic mass is 10.2. The predicted octanol–water partition coefficient (Wildman–Crippen LogP) is 4.60. The summed E-state index contributed by atoms with van der Waals surface area (Å²) < 4.78 is 9.06. The SMILES string of the molecule is O=c1cc(CSc2nnc(-c3ccc(Cl)cc3)n2Cc2ccco2)nc2sccn12. The number of thioether (sulfide) groups is 1. The highest BCUT2D eigenvalue weighted by atomic mass is 35.5. The van der Waals surface area contributed by atoms with Gasteiger partial charge in [0.25, 0.3) is 5.56 Å². The Kier molecular flexibility index (Phi) is 5.16. The first-order chi connectivity index (χ1) is 14.7. The molecule has 4 heterocycles. The molecule has 0 aliphatic heterocycles. The molecule has 150 valence electrons. The summed E-state index contributed by atoms with van der Waals surface area (Å²) in [5, 5.41) is 12.0. The fourth-order valence-electron chi connectivity index (χ4n) is 3.01. The van der Waals surface area contributed by atoms with Gasteiger partial charge in [-0.3, -0.25) is 13.8 Å². The van der Waals surface area contributed by atoms with Crippen LogP contribution in [0.15, 0.2) is 74.7 Å². The van der Waals surface area contributed by atoms with Gasteiger partial charge in [-0.25, -0.2) is 4.98 Å². The van der Waals surface area contributed by atoms with Crippen LogP contribution in [0.1, 0.15) is 11.5 Å². The summed E-state index contributed by atoms with van der Waals surface area (Å²) in [5.74, 6) is 2.01. The molecule has 4 aromatic heterocycles. The second kappa shape index (κ2) is 8.10. The van der Waals surface area contributed by atoms with Crippen LogP contribution < -0.4 is 5.56 Å². The van der Waals surface area contributed by atoms with Crippen molar-refractivity contribution in [3.8, 4) is 11.4 Å². The first kappa shape index (κ1) is 19.1. The molecule has 0 atom stereocenters. The summed E-state index contributed by atoms with van der Waals surface area (Å²) in [6, 6.07) is 12.8. The van der Waals surface area contributed by atoms with Crippen LogP contribution in [0.5, 0.6) is 0 Å². The number of hydrogen-bond donors (Lipinski definition) is 0. The van der Waals surface area contributed by atoms with Crippen LogP contribution in [-0.4, -0.2) is 24.1 Å². The molecule has 0 saturated heterocycles. The van der Waals surface area contributed by atoms with E-state index in [1.807, 2.05) is 46.3 Å². The van der Waals surface area contributed by atoms with E-state index in [0.29, 0.717) is 39.0 Å². The highest BCUT2D eigenvalue weighted by Gasteiger charge is 2.16. The Balaban J connectivity index is 1.47. The Hall–Kier alpha value is -2.88. The van der Waals surface area contributed by atoms with E-state index in [2.05, 4.69) is 15.2 Å². The number of hydrogen-bond acceptors (Lipinski definition) is 7. The highest BCUT2D eigenvalue weighted by Crippen LogP contribution is 2.28. The molecule has 0 radical (unpaired) electrons. The first-order valence-corrected chi connectivity index (χ1v) is 11.2. The zero-order valence-corrected chi connectivity index (χ0v) is 17.8. The van der Waals surface area contributed by atoms with E-state index in [0.717, 1.165) is 11.3 Å². The molecule has 0 amide bonds. The summed E-state index contributed by atoms with van der Waals surface area (Å²) in [6.07, 6.45) is 3.37. The van der Waals surface area contributed by atoms with Crippen molar-refractivity contribution in [3.05, 3.63) is 87.1 Å². The molecule has 5 rings (SSSR count). The third kappa shape index (κ3) is 3.79. The Bertz CT molecular complexity index is 1360. The third-order valence-electron chi connectivity index (χ3n) is 4.42. The largest absolute Gasteiger partial charge is 0.467 e. The van der Waals surface area contributed by atoms with E-state index in [4.69, 9.17) is 16.0 Å². The molecule has 30 heavy (non-hydrogen) atoms. The van der Waals surface area contributed by atoms with Gasteiger partial charge in [0.15, 0.2) is 15.9 Å². The van der Waals surface area contributed by atoms with Crippen LogP contribution in [0, 0.1) is 0 Å². The number of benzene rings is 1. The second-order valence-electron chi connectivity index (χ2n) is 6.41. The van der Waals surface area contributed by atoms with Gasteiger partial charge in [0.05, 0.1) is 18.5 Å². The number of aromatic nitrogens is 5. The van der Waals surface area contributed by atoms with Gasteiger partial charge in [-0.05, 0) is 36.4 Å². The van der Waals surface area contributed by atoms with E-state index in [9.17, 15) is 4.79 Å². The van der Waals surface area contributed by atoms with Crippen LogP contribution in [0.25, 0.3) is 16.3 Å². The minimum absolute atomic E-state index is 0.0873. The van der Waals surface area contributed by atoms with Crippen LogP contribution in [0.2, 0.25) is 5.02 Å². The van der Waals surface area contributed by atoms with Gasteiger partial charge in [-0.1, -0.05) is 23.4 Å². The molecule has 0 N–H and O–H groups in total. The van der Waals surface area contributed by atoms with Crippen molar-refractivity contribution in [2.45, 2.75) is 17.5 Å². The molecule has 0 bridgehead atoms. The molecule has 0 spiro atoms. The maximum absolute atomic E-state index is 12.2. The highest BCUT2D eigenvalue weighted by molar-refractivity contribution is 7.98. The molecule has 7 nitrogen and oxygen atoms in total. The fourth-order valence-corrected chi connectivity index (χ4v) is 4.70. The van der Waals surface area contributed by atoms with E-state index >= 15 is 0 Å².